The number of aryl methyl sites for hydroxylation is 2. The quantitative estimate of drug-likeness (QED) is 0.650. The predicted octanol–water partition coefficient (Wildman–Crippen LogP) is 1.41. The maximum Gasteiger partial charge on any atom is 0.276 e. The van der Waals surface area contributed by atoms with Crippen molar-refractivity contribution in [1.82, 2.24) is 14.6 Å². The van der Waals surface area contributed by atoms with Gasteiger partial charge < -0.3 is 19.9 Å². The van der Waals surface area contributed by atoms with Gasteiger partial charge in [-0.3, -0.25) is 4.79 Å². The fraction of sp³-hybridized carbons (Fsp3) is 0.389. The number of benzene rings is 1. The summed E-state index contributed by atoms with van der Waals surface area (Å²) in [7, 11) is -2.26. The molecule has 158 valence electrons. The van der Waals surface area contributed by atoms with Crippen molar-refractivity contribution in [1.29, 1.82) is 0 Å². The Kier molecular flexibility index (Phi) is 5.91. The zero-order valence-electron chi connectivity index (χ0n) is 15.9. The van der Waals surface area contributed by atoms with E-state index < -0.39 is 15.9 Å². The molecule has 0 unspecified atom stereocenters. The monoisotopic (exact) mass is 444 g/mol. The molecule has 0 bridgehead atoms. The fourth-order valence-corrected chi connectivity index (χ4v) is 5.08. The maximum atomic E-state index is 13.5. The molecule has 2 aromatic rings. The molecule has 3 N–H and O–H groups in total. The van der Waals surface area contributed by atoms with E-state index in [1.54, 1.807) is 14.0 Å². The van der Waals surface area contributed by atoms with E-state index in [1.807, 2.05) is 0 Å². The highest BCUT2D eigenvalue weighted by Gasteiger charge is 2.38. The lowest BCUT2D eigenvalue weighted by molar-refractivity contribution is 0.101. The molecule has 4 rings (SSSR count). The molecule has 3 heterocycles. The van der Waals surface area contributed by atoms with Gasteiger partial charge in [-0.1, -0.05) is 0 Å². The van der Waals surface area contributed by atoms with Crippen molar-refractivity contribution in [2.45, 2.75) is 17.9 Å². The Morgan fingerprint density at radius 3 is 2.83 bits per heavy atom. The standard InChI is InChI=1S/C18H21FN4O4S.ClH/c1-10-5-12(3-4-13(10)19)21-18(24)16-17-15(8-23(16)2)28(25,26)22-14-7-20-6-11(14)9-27-17;/h3-5,8,11,14,20,22H,6-7,9H2,1-2H3,(H,21,24);1H/t11-,14+;/m0./s1. The van der Waals surface area contributed by atoms with Crippen LogP contribution in [0.1, 0.15) is 16.1 Å². The van der Waals surface area contributed by atoms with Crippen LogP contribution in [-0.2, 0) is 17.1 Å². The maximum absolute atomic E-state index is 13.5. The van der Waals surface area contributed by atoms with Gasteiger partial charge in [-0.05, 0) is 30.7 Å². The summed E-state index contributed by atoms with van der Waals surface area (Å²) in [5, 5.41) is 5.82. The van der Waals surface area contributed by atoms with Crippen LogP contribution in [0.25, 0.3) is 0 Å². The summed E-state index contributed by atoms with van der Waals surface area (Å²) in [4.78, 5) is 12.8. The Bertz CT molecular complexity index is 1060. The van der Waals surface area contributed by atoms with Crippen molar-refractivity contribution >= 4 is 34.0 Å². The van der Waals surface area contributed by atoms with Gasteiger partial charge in [0.05, 0.1) is 6.61 Å². The average molecular weight is 445 g/mol. The number of halogens is 2. The first-order valence-corrected chi connectivity index (χ1v) is 10.4. The van der Waals surface area contributed by atoms with Crippen LogP contribution in [-0.4, -0.2) is 44.6 Å². The van der Waals surface area contributed by atoms with E-state index in [1.165, 1.54) is 29.0 Å². The molecular weight excluding hydrogens is 423 g/mol. The minimum atomic E-state index is -3.84. The second-order valence-electron chi connectivity index (χ2n) is 7.16. The number of rotatable bonds is 2. The molecule has 2 aliphatic heterocycles. The van der Waals surface area contributed by atoms with Gasteiger partial charge in [-0.2, -0.15) is 0 Å². The molecule has 2 atom stereocenters. The third-order valence-electron chi connectivity index (χ3n) is 5.11. The lowest BCUT2D eigenvalue weighted by atomic mass is 10.1. The molecule has 0 saturated carbocycles. The van der Waals surface area contributed by atoms with E-state index in [-0.39, 0.29) is 53.1 Å². The minimum Gasteiger partial charge on any atom is -0.489 e. The number of carbonyl (C=O) groups is 1. The number of amides is 1. The third-order valence-corrected chi connectivity index (χ3v) is 6.59. The first-order valence-electron chi connectivity index (χ1n) is 8.89. The number of ether oxygens (including phenoxy) is 1. The number of sulfonamides is 1. The SMILES string of the molecule is Cc1cc(NC(=O)c2c3c(cn2C)S(=O)(=O)N[C@@H]2CNC[C@H]2CO3)ccc1F.Cl. The Morgan fingerprint density at radius 1 is 1.34 bits per heavy atom. The molecule has 1 saturated heterocycles. The number of nitrogens with one attached hydrogen (secondary N) is 3. The molecule has 0 spiro atoms. The normalized spacial score (nSPS) is 22.3. The van der Waals surface area contributed by atoms with Crippen LogP contribution in [0.5, 0.6) is 5.75 Å². The van der Waals surface area contributed by atoms with Crippen molar-refractivity contribution in [3.63, 3.8) is 0 Å². The van der Waals surface area contributed by atoms with Crippen LogP contribution >= 0.6 is 12.4 Å². The Morgan fingerprint density at radius 2 is 2.10 bits per heavy atom. The van der Waals surface area contributed by atoms with Crippen molar-refractivity contribution in [2.75, 3.05) is 25.0 Å². The van der Waals surface area contributed by atoms with Gasteiger partial charge in [0.25, 0.3) is 5.91 Å². The van der Waals surface area contributed by atoms with Crippen LogP contribution in [0.3, 0.4) is 0 Å². The van der Waals surface area contributed by atoms with E-state index in [9.17, 15) is 17.6 Å². The summed E-state index contributed by atoms with van der Waals surface area (Å²) in [5.41, 5.74) is 0.889. The summed E-state index contributed by atoms with van der Waals surface area (Å²) in [5.74, 6) is -0.913. The summed E-state index contributed by atoms with van der Waals surface area (Å²) in [6.07, 6.45) is 1.37. The first-order chi connectivity index (χ1) is 13.3. The number of aromatic nitrogens is 1. The molecular formula is C18H22ClFN4O4S. The molecule has 1 aromatic heterocycles. The molecule has 8 nitrogen and oxygen atoms in total. The number of fused-ring (bicyclic) bond motifs is 2. The molecule has 2 aliphatic rings. The van der Waals surface area contributed by atoms with E-state index in [0.717, 1.165) is 0 Å². The fourth-order valence-electron chi connectivity index (χ4n) is 3.58. The van der Waals surface area contributed by atoms with Crippen LogP contribution in [0.15, 0.2) is 29.3 Å². The summed E-state index contributed by atoms with van der Waals surface area (Å²) in [6, 6.07) is 3.96. The second kappa shape index (κ2) is 7.94. The zero-order chi connectivity index (χ0) is 20.1. The lowest BCUT2D eigenvalue weighted by Crippen LogP contribution is -2.43. The smallest absolute Gasteiger partial charge is 0.276 e. The van der Waals surface area contributed by atoms with Crippen molar-refractivity contribution in [3.8, 4) is 5.75 Å². The minimum absolute atomic E-state index is 0. The van der Waals surface area contributed by atoms with Crippen LogP contribution in [0.4, 0.5) is 10.1 Å². The average Bonchev–Trinajstić information content (AvgIpc) is 3.18. The lowest BCUT2D eigenvalue weighted by Gasteiger charge is -2.24. The molecule has 0 aliphatic carbocycles. The topological polar surface area (TPSA) is 101 Å². The van der Waals surface area contributed by atoms with Gasteiger partial charge in [0.15, 0.2) is 11.4 Å². The van der Waals surface area contributed by atoms with Gasteiger partial charge in [0.1, 0.15) is 10.7 Å². The number of carbonyl (C=O) groups excluding carboxylic acids is 1. The van der Waals surface area contributed by atoms with Crippen LogP contribution in [0.2, 0.25) is 0 Å². The second-order valence-corrected chi connectivity index (χ2v) is 8.84. The molecule has 11 heteroatoms. The van der Waals surface area contributed by atoms with Crippen molar-refractivity contribution < 1.29 is 22.3 Å². The molecule has 0 radical (unpaired) electrons. The van der Waals surface area contributed by atoms with E-state index >= 15 is 0 Å². The zero-order valence-corrected chi connectivity index (χ0v) is 17.5. The largest absolute Gasteiger partial charge is 0.489 e. The van der Waals surface area contributed by atoms with Gasteiger partial charge in [0.2, 0.25) is 10.0 Å². The first kappa shape index (κ1) is 21.6. The van der Waals surface area contributed by atoms with Crippen molar-refractivity contribution in [3.05, 3.63) is 41.5 Å². The van der Waals surface area contributed by atoms with Crippen LogP contribution < -0.4 is 20.1 Å². The van der Waals surface area contributed by atoms with Crippen molar-refractivity contribution in [2.24, 2.45) is 13.0 Å². The molecule has 29 heavy (non-hydrogen) atoms. The Hall–Kier alpha value is -2.14. The molecule has 1 aromatic carbocycles. The Balaban J connectivity index is 0.00000240. The number of anilines is 1. The number of hydrogen-bond donors (Lipinski definition) is 3. The highest BCUT2D eigenvalue weighted by molar-refractivity contribution is 7.89. The summed E-state index contributed by atoms with van der Waals surface area (Å²) in [6.45, 7) is 3.04. The molecule has 1 fully saturated rings. The predicted molar refractivity (Wildman–Crippen MR) is 108 cm³/mol. The van der Waals surface area contributed by atoms with Gasteiger partial charge in [-0.15, -0.1) is 12.4 Å². The summed E-state index contributed by atoms with van der Waals surface area (Å²) >= 11 is 0. The highest BCUT2D eigenvalue weighted by Crippen LogP contribution is 2.33. The van der Waals surface area contributed by atoms with Gasteiger partial charge in [0, 0.05) is 44.0 Å². The van der Waals surface area contributed by atoms with E-state index in [4.69, 9.17) is 4.74 Å². The highest BCUT2D eigenvalue weighted by atomic mass is 35.5. The Labute approximate surface area is 174 Å². The van der Waals surface area contributed by atoms with Crippen LogP contribution in [0, 0.1) is 18.7 Å². The van der Waals surface area contributed by atoms with E-state index in [2.05, 4.69) is 15.4 Å². The van der Waals surface area contributed by atoms with E-state index in [0.29, 0.717) is 24.3 Å². The van der Waals surface area contributed by atoms with Gasteiger partial charge in [-0.25, -0.2) is 17.5 Å². The summed E-state index contributed by atoms with van der Waals surface area (Å²) < 4.78 is 49.0. The third kappa shape index (κ3) is 3.97. The number of nitrogens with zero attached hydrogens (tertiary/aromatic N) is 1. The van der Waals surface area contributed by atoms with Gasteiger partial charge >= 0.3 is 0 Å². The number of hydrogen-bond acceptors (Lipinski definition) is 5. The molecule has 1 amide bonds.